The van der Waals surface area contributed by atoms with E-state index < -0.39 is 0 Å². The van der Waals surface area contributed by atoms with E-state index in [4.69, 9.17) is 0 Å². The van der Waals surface area contributed by atoms with Crippen LogP contribution in [0.3, 0.4) is 0 Å². The van der Waals surface area contributed by atoms with Crippen LogP contribution in [0.25, 0.3) is 0 Å². The molecule has 29 heavy (non-hydrogen) atoms. The number of aliphatic hydroxyl groups excluding tert-OH is 1. The molecule has 0 aromatic carbocycles. The van der Waals surface area contributed by atoms with Crippen LogP contribution in [0.1, 0.15) is 112 Å². The number of hydrogen-bond donors (Lipinski definition) is 2. The molecule has 0 aromatic heterocycles. The lowest BCUT2D eigenvalue weighted by molar-refractivity contribution is -0.154. The van der Waals surface area contributed by atoms with Gasteiger partial charge in [-0.05, 0) is 117 Å². The molecule has 2 nitrogen and oxygen atoms in total. The maximum atomic E-state index is 11.0. The Labute approximate surface area is 180 Å². The van der Waals surface area contributed by atoms with E-state index in [1.54, 1.807) is 0 Å². The van der Waals surface area contributed by atoms with Crippen molar-refractivity contribution in [2.24, 2.45) is 46.3 Å². The molecule has 0 aliphatic heterocycles. The Kier molecular flexibility index (Phi) is 5.95. The lowest BCUT2D eigenvalue weighted by Crippen LogP contribution is -2.56. The van der Waals surface area contributed by atoms with Gasteiger partial charge in [0.05, 0.1) is 11.7 Å². The monoisotopic (exact) mass is 404 g/mol. The Morgan fingerprint density at radius 2 is 1.62 bits per heavy atom. The van der Waals surface area contributed by atoms with Gasteiger partial charge in [-0.3, -0.25) is 0 Å². The molecule has 168 valence electrons. The predicted molar refractivity (Wildman–Crippen MR) is 121 cm³/mol. The average molecular weight is 405 g/mol. The van der Waals surface area contributed by atoms with E-state index in [-0.39, 0.29) is 11.7 Å². The third kappa shape index (κ3) is 3.43. The molecule has 4 aliphatic carbocycles. The quantitative estimate of drug-likeness (QED) is 0.543. The van der Waals surface area contributed by atoms with E-state index in [2.05, 4.69) is 34.6 Å². The molecule has 2 heteroatoms. The highest BCUT2D eigenvalue weighted by Gasteiger charge is 2.61. The lowest BCUT2D eigenvalue weighted by Gasteiger charge is -2.62. The second-order valence-corrected chi connectivity index (χ2v) is 12.4. The summed E-state index contributed by atoms with van der Waals surface area (Å²) in [6.07, 6.45) is 14.4. The highest BCUT2D eigenvalue weighted by atomic mass is 16.3. The highest BCUT2D eigenvalue weighted by molar-refractivity contribution is 5.11. The molecule has 0 heterocycles. The zero-order valence-electron chi connectivity index (χ0n) is 19.9. The number of aliphatic hydroxyl groups is 2. The molecule has 0 spiro atoms. The van der Waals surface area contributed by atoms with Crippen molar-refractivity contribution in [1.29, 1.82) is 0 Å². The Bertz CT molecular complexity index is 589. The Balaban J connectivity index is 1.53. The summed E-state index contributed by atoms with van der Waals surface area (Å²) in [5, 5.41) is 21.7. The summed E-state index contributed by atoms with van der Waals surface area (Å²) in [6.45, 7) is 11.9. The van der Waals surface area contributed by atoms with Crippen LogP contribution < -0.4 is 0 Å². The van der Waals surface area contributed by atoms with Crippen molar-refractivity contribution in [3.8, 4) is 0 Å². The third-order valence-corrected chi connectivity index (χ3v) is 11.4. The van der Waals surface area contributed by atoms with Crippen molar-refractivity contribution in [2.75, 3.05) is 0 Å². The summed E-state index contributed by atoms with van der Waals surface area (Å²) in [5.41, 5.74) is 0.512. The Morgan fingerprint density at radius 1 is 0.897 bits per heavy atom. The first kappa shape index (κ1) is 22.1. The zero-order chi connectivity index (χ0) is 21.0. The second kappa shape index (κ2) is 7.80. The number of rotatable bonds is 5. The van der Waals surface area contributed by atoms with Crippen molar-refractivity contribution in [3.05, 3.63) is 0 Å². The summed E-state index contributed by atoms with van der Waals surface area (Å²) >= 11 is 0. The van der Waals surface area contributed by atoms with Gasteiger partial charge in [0.15, 0.2) is 0 Å². The van der Waals surface area contributed by atoms with Gasteiger partial charge in [-0.1, -0.05) is 41.0 Å². The van der Waals surface area contributed by atoms with E-state index in [1.165, 1.54) is 44.9 Å². The van der Waals surface area contributed by atoms with Crippen LogP contribution in [-0.4, -0.2) is 21.9 Å². The SMILES string of the molecule is CCC[C@H](O)[C@@H](C)[C@H]1CC[C@H]2[C@@H]3CC[C@H]4C[C@](O)(CC)CC[C@]4(C)[C@H]3CC[C@]12C. The fourth-order valence-corrected chi connectivity index (χ4v) is 9.37. The van der Waals surface area contributed by atoms with E-state index >= 15 is 0 Å². The minimum Gasteiger partial charge on any atom is -0.393 e. The summed E-state index contributed by atoms with van der Waals surface area (Å²) in [7, 11) is 0. The predicted octanol–water partition coefficient (Wildman–Crippen LogP) is 6.58. The molecule has 0 aromatic rings. The van der Waals surface area contributed by atoms with Crippen LogP contribution in [0.5, 0.6) is 0 Å². The summed E-state index contributed by atoms with van der Waals surface area (Å²) in [4.78, 5) is 0. The van der Waals surface area contributed by atoms with Gasteiger partial charge in [0.1, 0.15) is 0 Å². The fraction of sp³-hybridized carbons (Fsp3) is 1.00. The minimum absolute atomic E-state index is 0.114. The van der Waals surface area contributed by atoms with E-state index in [0.29, 0.717) is 22.7 Å². The van der Waals surface area contributed by atoms with Crippen molar-refractivity contribution in [2.45, 2.75) is 123 Å². The fourth-order valence-electron chi connectivity index (χ4n) is 9.37. The number of fused-ring (bicyclic) bond motifs is 5. The van der Waals surface area contributed by atoms with Gasteiger partial charge in [0.2, 0.25) is 0 Å². The Morgan fingerprint density at radius 3 is 2.31 bits per heavy atom. The molecule has 4 fully saturated rings. The van der Waals surface area contributed by atoms with Crippen molar-refractivity contribution < 1.29 is 10.2 Å². The molecule has 0 amide bonds. The molecule has 0 unspecified atom stereocenters. The summed E-state index contributed by atoms with van der Waals surface area (Å²) in [5.74, 6) is 4.51. The normalized spacial score (nSPS) is 51.6. The first-order chi connectivity index (χ1) is 13.7. The highest BCUT2D eigenvalue weighted by Crippen LogP contribution is 2.69. The molecular weight excluding hydrogens is 356 g/mol. The van der Waals surface area contributed by atoms with Crippen LogP contribution in [0, 0.1) is 46.3 Å². The lowest BCUT2D eigenvalue weighted by atomic mass is 9.43. The maximum absolute atomic E-state index is 11.0. The number of hydrogen-bond acceptors (Lipinski definition) is 2. The van der Waals surface area contributed by atoms with Gasteiger partial charge in [0, 0.05) is 0 Å². The van der Waals surface area contributed by atoms with Crippen LogP contribution >= 0.6 is 0 Å². The molecule has 4 aliphatic rings. The molecule has 4 saturated carbocycles. The van der Waals surface area contributed by atoms with Crippen LogP contribution in [0.15, 0.2) is 0 Å². The van der Waals surface area contributed by atoms with Crippen molar-refractivity contribution >= 4 is 0 Å². The average Bonchev–Trinajstić information content (AvgIpc) is 3.05. The summed E-state index contributed by atoms with van der Waals surface area (Å²) in [6, 6.07) is 0. The second-order valence-electron chi connectivity index (χ2n) is 12.4. The van der Waals surface area contributed by atoms with Gasteiger partial charge in [-0.25, -0.2) is 0 Å². The smallest absolute Gasteiger partial charge is 0.0648 e. The molecule has 0 bridgehead atoms. The van der Waals surface area contributed by atoms with Gasteiger partial charge in [-0.2, -0.15) is 0 Å². The molecule has 0 saturated heterocycles. The molecule has 0 radical (unpaired) electrons. The first-order valence-corrected chi connectivity index (χ1v) is 13.1. The van der Waals surface area contributed by atoms with Crippen LogP contribution in [0.4, 0.5) is 0 Å². The summed E-state index contributed by atoms with van der Waals surface area (Å²) < 4.78 is 0. The molecular formula is C27H48O2. The third-order valence-electron chi connectivity index (χ3n) is 11.4. The standard InChI is InChI=1S/C27H48O2/c1-6-8-24(28)18(3)21-11-12-22-20-10-9-19-17-27(29,7-2)16-15-25(19,4)23(20)13-14-26(21,22)5/h18-24,28-29H,6-17H2,1-5H3/t18-,19-,20-,21+,22-,23-,24-,25-,26+,27-/m0/s1. The molecule has 4 rings (SSSR count). The van der Waals surface area contributed by atoms with Crippen LogP contribution in [0.2, 0.25) is 0 Å². The molecule has 10 atom stereocenters. The van der Waals surface area contributed by atoms with E-state index in [9.17, 15) is 10.2 Å². The Hall–Kier alpha value is -0.0800. The first-order valence-electron chi connectivity index (χ1n) is 13.1. The van der Waals surface area contributed by atoms with Gasteiger partial charge < -0.3 is 10.2 Å². The zero-order valence-corrected chi connectivity index (χ0v) is 19.9. The van der Waals surface area contributed by atoms with Crippen molar-refractivity contribution in [3.63, 3.8) is 0 Å². The van der Waals surface area contributed by atoms with E-state index in [0.717, 1.165) is 55.8 Å². The molecule has 2 N–H and O–H groups in total. The topological polar surface area (TPSA) is 40.5 Å². The maximum Gasteiger partial charge on any atom is 0.0648 e. The van der Waals surface area contributed by atoms with E-state index in [1.807, 2.05) is 0 Å². The van der Waals surface area contributed by atoms with Gasteiger partial charge in [0.25, 0.3) is 0 Å². The minimum atomic E-state index is -0.385. The van der Waals surface area contributed by atoms with Crippen molar-refractivity contribution in [1.82, 2.24) is 0 Å². The van der Waals surface area contributed by atoms with Crippen LogP contribution in [-0.2, 0) is 0 Å². The largest absolute Gasteiger partial charge is 0.393 e. The van der Waals surface area contributed by atoms with Gasteiger partial charge in [-0.15, -0.1) is 0 Å². The van der Waals surface area contributed by atoms with Gasteiger partial charge >= 0.3 is 0 Å².